The SMILES string of the molecule is CCOC(=O)c1csc(N2CCOC(CO)C2)n1. The van der Waals surface area contributed by atoms with Gasteiger partial charge in [-0.3, -0.25) is 0 Å². The number of rotatable bonds is 4. The molecule has 1 aliphatic heterocycles. The number of nitrogens with zero attached hydrogens (tertiary/aromatic N) is 2. The van der Waals surface area contributed by atoms with Gasteiger partial charge in [0.1, 0.15) is 0 Å². The van der Waals surface area contributed by atoms with E-state index in [9.17, 15) is 4.79 Å². The third-order valence-electron chi connectivity index (χ3n) is 2.59. The molecule has 0 bridgehead atoms. The van der Waals surface area contributed by atoms with Crippen molar-refractivity contribution in [2.45, 2.75) is 13.0 Å². The van der Waals surface area contributed by atoms with Crippen LogP contribution in [-0.4, -0.2) is 55.1 Å². The Bertz CT molecular complexity index is 410. The molecule has 0 saturated carbocycles. The predicted molar refractivity (Wildman–Crippen MR) is 67.1 cm³/mol. The number of aliphatic hydroxyl groups is 1. The molecule has 100 valence electrons. The molecule has 1 atom stereocenters. The molecular formula is C11H16N2O4S. The van der Waals surface area contributed by atoms with Crippen molar-refractivity contribution in [2.75, 3.05) is 37.8 Å². The molecule has 1 unspecified atom stereocenters. The van der Waals surface area contributed by atoms with Crippen molar-refractivity contribution in [1.29, 1.82) is 0 Å². The Labute approximate surface area is 109 Å². The molecule has 7 heteroatoms. The van der Waals surface area contributed by atoms with Crippen LogP contribution >= 0.6 is 11.3 Å². The van der Waals surface area contributed by atoms with Crippen molar-refractivity contribution >= 4 is 22.4 Å². The van der Waals surface area contributed by atoms with Crippen LogP contribution in [0.3, 0.4) is 0 Å². The van der Waals surface area contributed by atoms with Gasteiger partial charge in [0.2, 0.25) is 0 Å². The van der Waals surface area contributed by atoms with Crippen molar-refractivity contribution < 1.29 is 19.4 Å². The number of anilines is 1. The first-order valence-electron chi connectivity index (χ1n) is 5.84. The summed E-state index contributed by atoms with van der Waals surface area (Å²) >= 11 is 1.40. The van der Waals surface area contributed by atoms with Gasteiger partial charge in [0.15, 0.2) is 10.8 Å². The van der Waals surface area contributed by atoms with Crippen LogP contribution in [0, 0.1) is 0 Å². The molecular weight excluding hydrogens is 256 g/mol. The summed E-state index contributed by atoms with van der Waals surface area (Å²) in [5.41, 5.74) is 0.337. The molecule has 0 spiro atoms. The average Bonchev–Trinajstić information content (AvgIpc) is 2.89. The Kier molecular flexibility index (Phi) is 4.51. The van der Waals surface area contributed by atoms with Crippen LogP contribution in [0.2, 0.25) is 0 Å². The van der Waals surface area contributed by atoms with E-state index in [1.54, 1.807) is 12.3 Å². The summed E-state index contributed by atoms with van der Waals surface area (Å²) in [6.45, 7) is 3.96. The number of carbonyl (C=O) groups is 1. The van der Waals surface area contributed by atoms with Gasteiger partial charge in [-0.15, -0.1) is 11.3 Å². The number of ether oxygens (including phenoxy) is 2. The number of esters is 1. The molecule has 1 aromatic rings. The van der Waals surface area contributed by atoms with E-state index in [1.807, 2.05) is 4.90 Å². The molecule has 1 N–H and O–H groups in total. The molecule has 6 nitrogen and oxygen atoms in total. The van der Waals surface area contributed by atoms with Gasteiger partial charge < -0.3 is 19.5 Å². The minimum absolute atomic E-state index is 0.00733. The fourth-order valence-corrected chi connectivity index (χ4v) is 2.54. The second-order valence-corrected chi connectivity index (χ2v) is 4.69. The van der Waals surface area contributed by atoms with Crippen LogP contribution in [0.1, 0.15) is 17.4 Å². The summed E-state index contributed by atoms with van der Waals surface area (Å²) in [6.07, 6.45) is -0.186. The third-order valence-corrected chi connectivity index (χ3v) is 3.49. The molecule has 1 aromatic heterocycles. The van der Waals surface area contributed by atoms with Crippen molar-refractivity contribution in [2.24, 2.45) is 0 Å². The summed E-state index contributed by atoms with van der Waals surface area (Å²) in [6, 6.07) is 0. The number of carbonyl (C=O) groups excluding carboxylic acids is 1. The second-order valence-electron chi connectivity index (χ2n) is 3.86. The van der Waals surface area contributed by atoms with E-state index in [0.29, 0.717) is 32.0 Å². The fourth-order valence-electron chi connectivity index (χ4n) is 1.71. The van der Waals surface area contributed by atoms with Gasteiger partial charge in [-0.25, -0.2) is 9.78 Å². The van der Waals surface area contributed by atoms with Crippen LogP contribution in [0.5, 0.6) is 0 Å². The lowest BCUT2D eigenvalue weighted by molar-refractivity contribution is 0.00355. The lowest BCUT2D eigenvalue weighted by Gasteiger charge is -2.31. The van der Waals surface area contributed by atoms with Crippen LogP contribution < -0.4 is 4.90 Å². The number of aromatic nitrogens is 1. The first-order valence-corrected chi connectivity index (χ1v) is 6.72. The van der Waals surface area contributed by atoms with Crippen LogP contribution in [0.15, 0.2) is 5.38 Å². The summed E-state index contributed by atoms with van der Waals surface area (Å²) in [7, 11) is 0. The monoisotopic (exact) mass is 272 g/mol. The quantitative estimate of drug-likeness (QED) is 0.806. The van der Waals surface area contributed by atoms with Crippen molar-refractivity contribution in [3.8, 4) is 0 Å². The van der Waals surface area contributed by atoms with Gasteiger partial charge in [-0.2, -0.15) is 0 Å². The van der Waals surface area contributed by atoms with E-state index >= 15 is 0 Å². The van der Waals surface area contributed by atoms with E-state index in [0.717, 1.165) is 5.13 Å². The van der Waals surface area contributed by atoms with E-state index in [-0.39, 0.29) is 12.7 Å². The fraction of sp³-hybridized carbons (Fsp3) is 0.636. The third kappa shape index (κ3) is 2.98. The molecule has 2 rings (SSSR count). The minimum Gasteiger partial charge on any atom is -0.461 e. The van der Waals surface area contributed by atoms with Crippen molar-refractivity contribution in [3.63, 3.8) is 0 Å². The van der Waals surface area contributed by atoms with Crippen molar-refractivity contribution in [1.82, 2.24) is 4.98 Å². The summed E-state index contributed by atoms with van der Waals surface area (Å²) < 4.78 is 10.3. The summed E-state index contributed by atoms with van der Waals surface area (Å²) in [5, 5.41) is 11.5. The highest BCUT2D eigenvalue weighted by Crippen LogP contribution is 2.23. The molecule has 1 saturated heterocycles. The van der Waals surface area contributed by atoms with Gasteiger partial charge in [-0.05, 0) is 6.92 Å². The maximum Gasteiger partial charge on any atom is 0.357 e. The Morgan fingerprint density at radius 1 is 1.78 bits per heavy atom. The molecule has 18 heavy (non-hydrogen) atoms. The first-order chi connectivity index (χ1) is 8.74. The molecule has 0 amide bonds. The smallest absolute Gasteiger partial charge is 0.357 e. The maximum atomic E-state index is 11.5. The van der Waals surface area contributed by atoms with E-state index in [1.165, 1.54) is 11.3 Å². The van der Waals surface area contributed by atoms with E-state index < -0.39 is 5.97 Å². The highest BCUT2D eigenvalue weighted by molar-refractivity contribution is 7.13. The van der Waals surface area contributed by atoms with Gasteiger partial charge in [-0.1, -0.05) is 0 Å². The Balaban J connectivity index is 2.03. The highest BCUT2D eigenvalue weighted by atomic mass is 32.1. The Morgan fingerprint density at radius 2 is 2.61 bits per heavy atom. The maximum absolute atomic E-state index is 11.5. The molecule has 2 heterocycles. The van der Waals surface area contributed by atoms with Crippen LogP contribution in [0.25, 0.3) is 0 Å². The van der Waals surface area contributed by atoms with Crippen LogP contribution in [0.4, 0.5) is 5.13 Å². The van der Waals surface area contributed by atoms with Gasteiger partial charge in [0, 0.05) is 18.5 Å². The molecule has 0 aliphatic carbocycles. The van der Waals surface area contributed by atoms with Gasteiger partial charge >= 0.3 is 5.97 Å². The Morgan fingerprint density at radius 3 is 3.33 bits per heavy atom. The van der Waals surface area contributed by atoms with Gasteiger partial charge in [0.05, 0.1) is 25.9 Å². The zero-order valence-electron chi connectivity index (χ0n) is 10.2. The predicted octanol–water partition coefficient (Wildman–Crippen LogP) is 0.517. The zero-order chi connectivity index (χ0) is 13.0. The second kappa shape index (κ2) is 6.12. The van der Waals surface area contributed by atoms with Gasteiger partial charge in [0.25, 0.3) is 0 Å². The lowest BCUT2D eigenvalue weighted by Crippen LogP contribution is -2.44. The summed E-state index contributed by atoms with van der Waals surface area (Å²) in [5.74, 6) is -0.396. The number of thiazole rings is 1. The largest absolute Gasteiger partial charge is 0.461 e. The topological polar surface area (TPSA) is 71.9 Å². The number of aliphatic hydroxyl groups excluding tert-OH is 1. The molecule has 1 fully saturated rings. The molecule has 1 aliphatic rings. The normalized spacial score (nSPS) is 19.9. The van der Waals surface area contributed by atoms with E-state index in [4.69, 9.17) is 14.6 Å². The molecule has 0 aromatic carbocycles. The number of hydrogen-bond donors (Lipinski definition) is 1. The zero-order valence-corrected chi connectivity index (χ0v) is 11.0. The summed E-state index contributed by atoms with van der Waals surface area (Å²) in [4.78, 5) is 17.8. The minimum atomic E-state index is -0.396. The van der Waals surface area contributed by atoms with E-state index in [2.05, 4.69) is 4.98 Å². The highest BCUT2D eigenvalue weighted by Gasteiger charge is 2.23. The molecule has 0 radical (unpaired) electrons. The van der Waals surface area contributed by atoms with Crippen molar-refractivity contribution in [3.05, 3.63) is 11.1 Å². The first kappa shape index (κ1) is 13.3. The Hall–Kier alpha value is -1.18. The average molecular weight is 272 g/mol. The number of hydrogen-bond acceptors (Lipinski definition) is 7. The van der Waals surface area contributed by atoms with Crippen LogP contribution in [-0.2, 0) is 9.47 Å². The lowest BCUT2D eigenvalue weighted by atomic mass is 10.3. The standard InChI is InChI=1S/C11H16N2O4S/c1-2-16-10(15)9-7-18-11(12-9)13-3-4-17-8(5-13)6-14/h7-8,14H,2-6H2,1H3. The number of morpholine rings is 1.